The first-order chi connectivity index (χ1) is 8.60. The number of nitrogens with zero attached hydrogens (tertiary/aromatic N) is 3. The topological polar surface area (TPSA) is 39.9 Å². The van der Waals surface area contributed by atoms with Crippen molar-refractivity contribution in [1.82, 2.24) is 4.98 Å². The predicted octanol–water partition coefficient (Wildman–Crippen LogP) is 3.48. The molecule has 18 heavy (non-hydrogen) atoms. The minimum absolute atomic E-state index is 0.398. The Morgan fingerprint density at radius 2 is 2.06 bits per heavy atom. The van der Waals surface area contributed by atoms with Crippen molar-refractivity contribution in [3.05, 3.63) is 22.8 Å². The molecule has 0 spiro atoms. The standard InChI is InChI=1S/C14H18ClN3/c1-10(2)12-3-5-18(6-4-12)14-8-11(9-16)7-13(15)17-14/h7-8,10,12H,3-6H2,1-2H3. The first-order valence-electron chi connectivity index (χ1n) is 6.43. The van der Waals surface area contributed by atoms with E-state index in [1.165, 1.54) is 12.8 Å². The number of hydrogen-bond acceptors (Lipinski definition) is 3. The minimum atomic E-state index is 0.398. The monoisotopic (exact) mass is 263 g/mol. The molecule has 0 bridgehead atoms. The first kappa shape index (κ1) is 13.2. The molecule has 0 aliphatic carbocycles. The van der Waals surface area contributed by atoms with Crippen LogP contribution in [0.4, 0.5) is 5.82 Å². The lowest BCUT2D eigenvalue weighted by molar-refractivity contribution is 0.310. The van der Waals surface area contributed by atoms with Gasteiger partial charge < -0.3 is 4.90 Å². The molecule has 2 heterocycles. The van der Waals surface area contributed by atoms with E-state index in [9.17, 15) is 0 Å². The molecule has 4 heteroatoms. The van der Waals surface area contributed by atoms with Gasteiger partial charge >= 0.3 is 0 Å². The molecule has 2 rings (SSSR count). The van der Waals surface area contributed by atoms with Crippen molar-refractivity contribution in [3.63, 3.8) is 0 Å². The van der Waals surface area contributed by atoms with Crippen molar-refractivity contribution in [3.8, 4) is 6.07 Å². The zero-order valence-electron chi connectivity index (χ0n) is 10.9. The zero-order chi connectivity index (χ0) is 13.1. The van der Waals surface area contributed by atoms with Crippen LogP contribution in [0, 0.1) is 23.2 Å². The molecule has 0 radical (unpaired) electrons. The highest BCUT2D eigenvalue weighted by molar-refractivity contribution is 6.29. The van der Waals surface area contributed by atoms with Crippen molar-refractivity contribution in [2.75, 3.05) is 18.0 Å². The van der Waals surface area contributed by atoms with Crippen LogP contribution in [-0.4, -0.2) is 18.1 Å². The summed E-state index contributed by atoms with van der Waals surface area (Å²) < 4.78 is 0. The molecule has 1 aliphatic rings. The highest BCUT2D eigenvalue weighted by atomic mass is 35.5. The van der Waals surface area contributed by atoms with E-state index < -0.39 is 0 Å². The van der Waals surface area contributed by atoms with E-state index in [2.05, 4.69) is 29.8 Å². The Hall–Kier alpha value is -1.27. The van der Waals surface area contributed by atoms with Crippen LogP contribution in [0.25, 0.3) is 0 Å². The van der Waals surface area contributed by atoms with Crippen LogP contribution in [0.15, 0.2) is 12.1 Å². The highest BCUT2D eigenvalue weighted by Crippen LogP contribution is 2.28. The normalized spacial score (nSPS) is 16.9. The summed E-state index contributed by atoms with van der Waals surface area (Å²) in [5.74, 6) is 2.38. The fourth-order valence-corrected chi connectivity index (χ4v) is 2.71. The summed E-state index contributed by atoms with van der Waals surface area (Å²) in [6, 6.07) is 5.55. The third-order valence-electron chi connectivity index (χ3n) is 3.72. The summed E-state index contributed by atoms with van der Waals surface area (Å²) in [5, 5.41) is 9.34. The average molecular weight is 264 g/mol. The van der Waals surface area contributed by atoms with Crippen molar-refractivity contribution in [2.45, 2.75) is 26.7 Å². The fourth-order valence-electron chi connectivity index (χ4n) is 2.50. The lowest BCUT2D eigenvalue weighted by Crippen LogP contribution is -2.35. The molecule has 1 fully saturated rings. The summed E-state index contributed by atoms with van der Waals surface area (Å²) in [6.07, 6.45) is 2.38. The SMILES string of the molecule is CC(C)C1CCN(c2cc(C#N)cc(Cl)n2)CC1. The van der Waals surface area contributed by atoms with Gasteiger partial charge in [-0.1, -0.05) is 25.4 Å². The molecule has 1 aromatic heterocycles. The van der Waals surface area contributed by atoms with Crippen LogP contribution in [0.5, 0.6) is 0 Å². The molecule has 0 unspecified atom stereocenters. The molecular weight excluding hydrogens is 246 g/mol. The van der Waals surface area contributed by atoms with Crippen molar-refractivity contribution in [1.29, 1.82) is 5.26 Å². The van der Waals surface area contributed by atoms with E-state index >= 15 is 0 Å². The Balaban J connectivity index is 2.10. The van der Waals surface area contributed by atoms with Gasteiger partial charge in [0.2, 0.25) is 0 Å². The molecule has 0 atom stereocenters. The van der Waals surface area contributed by atoms with Gasteiger partial charge in [-0.3, -0.25) is 0 Å². The van der Waals surface area contributed by atoms with E-state index in [0.717, 1.165) is 30.7 Å². The number of nitriles is 1. The maximum atomic E-state index is 8.94. The second-order valence-electron chi connectivity index (χ2n) is 5.22. The molecule has 0 N–H and O–H groups in total. The van der Waals surface area contributed by atoms with Gasteiger partial charge in [0.25, 0.3) is 0 Å². The van der Waals surface area contributed by atoms with Gasteiger partial charge in [-0.15, -0.1) is 0 Å². The molecular formula is C14H18ClN3. The quantitative estimate of drug-likeness (QED) is 0.767. The van der Waals surface area contributed by atoms with Gasteiger partial charge in [0.15, 0.2) is 0 Å². The Bertz CT molecular complexity index is 457. The van der Waals surface area contributed by atoms with Crippen molar-refractivity contribution in [2.24, 2.45) is 11.8 Å². The van der Waals surface area contributed by atoms with Crippen LogP contribution >= 0.6 is 11.6 Å². The van der Waals surface area contributed by atoms with Gasteiger partial charge in [0, 0.05) is 13.1 Å². The molecule has 96 valence electrons. The largest absolute Gasteiger partial charge is 0.357 e. The molecule has 0 saturated carbocycles. The Kier molecular flexibility index (Phi) is 4.08. The summed E-state index contributed by atoms with van der Waals surface area (Å²) in [4.78, 5) is 6.54. The molecule has 0 amide bonds. The summed E-state index contributed by atoms with van der Waals surface area (Å²) in [7, 11) is 0. The third kappa shape index (κ3) is 2.94. The molecule has 3 nitrogen and oxygen atoms in total. The van der Waals surface area contributed by atoms with E-state index in [4.69, 9.17) is 16.9 Å². The zero-order valence-corrected chi connectivity index (χ0v) is 11.6. The van der Waals surface area contributed by atoms with Gasteiger partial charge in [-0.05, 0) is 36.8 Å². The number of aromatic nitrogens is 1. The third-order valence-corrected chi connectivity index (χ3v) is 3.91. The maximum Gasteiger partial charge on any atom is 0.132 e. The van der Waals surface area contributed by atoms with Crippen LogP contribution < -0.4 is 4.90 Å². The number of rotatable bonds is 2. The molecule has 1 aromatic rings. The number of halogens is 1. The maximum absolute atomic E-state index is 8.94. The summed E-state index contributed by atoms with van der Waals surface area (Å²) in [6.45, 7) is 6.57. The lowest BCUT2D eigenvalue weighted by Gasteiger charge is -2.34. The van der Waals surface area contributed by atoms with Gasteiger partial charge in [-0.2, -0.15) is 5.26 Å². The van der Waals surface area contributed by atoms with Gasteiger partial charge in [0.1, 0.15) is 11.0 Å². The predicted molar refractivity (Wildman–Crippen MR) is 73.7 cm³/mol. The van der Waals surface area contributed by atoms with Crippen LogP contribution in [0.1, 0.15) is 32.3 Å². The molecule has 0 aromatic carbocycles. The van der Waals surface area contributed by atoms with E-state index in [1.807, 2.05) is 6.07 Å². The Morgan fingerprint density at radius 1 is 1.39 bits per heavy atom. The second kappa shape index (κ2) is 5.58. The van der Waals surface area contributed by atoms with E-state index in [0.29, 0.717) is 10.7 Å². The van der Waals surface area contributed by atoms with Crippen LogP contribution in [0.2, 0.25) is 5.15 Å². The minimum Gasteiger partial charge on any atom is -0.357 e. The first-order valence-corrected chi connectivity index (χ1v) is 6.80. The van der Waals surface area contributed by atoms with Crippen molar-refractivity contribution >= 4 is 17.4 Å². The Morgan fingerprint density at radius 3 is 2.61 bits per heavy atom. The number of anilines is 1. The molecule has 1 saturated heterocycles. The fraction of sp³-hybridized carbons (Fsp3) is 0.571. The second-order valence-corrected chi connectivity index (χ2v) is 5.60. The number of piperidine rings is 1. The van der Waals surface area contributed by atoms with E-state index in [1.54, 1.807) is 6.07 Å². The molecule has 1 aliphatic heterocycles. The van der Waals surface area contributed by atoms with Crippen LogP contribution in [-0.2, 0) is 0 Å². The summed E-state index contributed by atoms with van der Waals surface area (Å²) in [5.41, 5.74) is 0.580. The Labute approximate surface area is 113 Å². The van der Waals surface area contributed by atoms with Crippen molar-refractivity contribution < 1.29 is 0 Å². The lowest BCUT2D eigenvalue weighted by atomic mass is 9.87. The van der Waals surface area contributed by atoms with E-state index in [-0.39, 0.29) is 0 Å². The number of hydrogen-bond donors (Lipinski definition) is 0. The number of pyridine rings is 1. The van der Waals surface area contributed by atoms with Crippen LogP contribution in [0.3, 0.4) is 0 Å². The van der Waals surface area contributed by atoms with Gasteiger partial charge in [-0.25, -0.2) is 4.98 Å². The smallest absolute Gasteiger partial charge is 0.132 e. The summed E-state index contributed by atoms with van der Waals surface area (Å²) >= 11 is 5.94. The van der Waals surface area contributed by atoms with Gasteiger partial charge in [0.05, 0.1) is 11.6 Å². The highest BCUT2D eigenvalue weighted by Gasteiger charge is 2.22. The average Bonchev–Trinajstić information content (AvgIpc) is 2.38.